The second-order valence-corrected chi connectivity index (χ2v) is 8.14. The maximum Gasteiger partial charge on any atom is 0.271 e. The molecule has 1 fully saturated rings. The number of thiazole rings is 1. The summed E-state index contributed by atoms with van der Waals surface area (Å²) >= 11 is 3.16. The molecule has 0 spiro atoms. The molecular formula is C19H19N3OS2. The number of likely N-dealkylation sites (tertiary alicyclic amines) is 1. The Bertz CT molecular complexity index is 845. The molecule has 3 heterocycles. The van der Waals surface area contributed by atoms with Crippen LogP contribution in [0.4, 0.5) is 0 Å². The summed E-state index contributed by atoms with van der Waals surface area (Å²) in [5, 5.41) is 7.98. The maximum atomic E-state index is 12.7. The van der Waals surface area contributed by atoms with Gasteiger partial charge in [-0.05, 0) is 24.1 Å². The molecule has 1 aliphatic rings. The monoisotopic (exact) mass is 369 g/mol. The van der Waals surface area contributed by atoms with Crippen molar-refractivity contribution in [2.24, 2.45) is 0 Å². The van der Waals surface area contributed by atoms with Gasteiger partial charge in [-0.2, -0.15) is 0 Å². The van der Waals surface area contributed by atoms with E-state index < -0.39 is 0 Å². The van der Waals surface area contributed by atoms with Gasteiger partial charge in [0.2, 0.25) is 0 Å². The van der Waals surface area contributed by atoms with Gasteiger partial charge in [-0.1, -0.05) is 36.4 Å². The zero-order valence-electron chi connectivity index (χ0n) is 13.9. The van der Waals surface area contributed by atoms with Gasteiger partial charge in [0.05, 0.1) is 4.88 Å². The van der Waals surface area contributed by atoms with Gasteiger partial charge in [0.1, 0.15) is 10.7 Å². The van der Waals surface area contributed by atoms with Gasteiger partial charge in [-0.3, -0.25) is 4.79 Å². The normalized spacial score (nSPS) is 20.7. The van der Waals surface area contributed by atoms with Gasteiger partial charge in [-0.25, -0.2) is 4.98 Å². The molecule has 2 unspecified atom stereocenters. The van der Waals surface area contributed by atoms with Crippen LogP contribution in [0.3, 0.4) is 0 Å². The molecule has 4 rings (SSSR count). The predicted molar refractivity (Wildman–Crippen MR) is 103 cm³/mol. The summed E-state index contributed by atoms with van der Waals surface area (Å²) < 4.78 is 0. The van der Waals surface area contributed by atoms with Crippen LogP contribution in [0, 0.1) is 0 Å². The minimum atomic E-state index is -0.0831. The maximum absolute atomic E-state index is 12.7. The zero-order chi connectivity index (χ0) is 17.2. The summed E-state index contributed by atoms with van der Waals surface area (Å²) in [5.74, 6) is 0.228. The summed E-state index contributed by atoms with van der Waals surface area (Å²) in [6, 6.07) is 14.5. The molecule has 0 saturated carbocycles. The number of carbonyl (C=O) groups excluding carboxylic acids is 1. The second-order valence-electron chi connectivity index (χ2n) is 6.33. The lowest BCUT2D eigenvalue weighted by atomic mass is 9.94. The highest BCUT2D eigenvalue weighted by Crippen LogP contribution is 2.29. The van der Waals surface area contributed by atoms with Crippen LogP contribution in [-0.2, 0) is 0 Å². The lowest BCUT2D eigenvalue weighted by Gasteiger charge is -2.19. The molecule has 0 aliphatic carbocycles. The van der Waals surface area contributed by atoms with Crippen molar-refractivity contribution in [3.63, 3.8) is 0 Å². The molecule has 3 aromatic rings. The van der Waals surface area contributed by atoms with E-state index in [4.69, 9.17) is 0 Å². The zero-order valence-corrected chi connectivity index (χ0v) is 15.5. The van der Waals surface area contributed by atoms with Crippen molar-refractivity contribution in [1.82, 2.24) is 15.2 Å². The summed E-state index contributed by atoms with van der Waals surface area (Å²) in [5.41, 5.74) is 1.78. The summed E-state index contributed by atoms with van der Waals surface area (Å²) in [7, 11) is 2.10. The SMILES string of the molecule is CN1CC(NC(=O)c2csc(-c3cccs3)n2)C(c2ccccc2)C1. The fourth-order valence-corrected chi connectivity index (χ4v) is 4.93. The Kier molecular flexibility index (Phi) is 4.65. The number of carbonyl (C=O) groups is 1. The number of thiophene rings is 1. The Hall–Kier alpha value is -2.02. The van der Waals surface area contributed by atoms with Crippen LogP contribution in [0.5, 0.6) is 0 Å². The van der Waals surface area contributed by atoms with Crippen LogP contribution in [-0.4, -0.2) is 42.0 Å². The topological polar surface area (TPSA) is 45.2 Å². The second kappa shape index (κ2) is 7.07. The summed E-state index contributed by atoms with van der Waals surface area (Å²) in [6.45, 7) is 1.81. The van der Waals surface area contributed by atoms with Crippen LogP contribution in [0.25, 0.3) is 9.88 Å². The minimum absolute atomic E-state index is 0.0831. The first kappa shape index (κ1) is 16.4. The summed E-state index contributed by atoms with van der Waals surface area (Å²) in [6.07, 6.45) is 0. The molecule has 1 aliphatic heterocycles. The van der Waals surface area contributed by atoms with Crippen molar-refractivity contribution in [3.8, 4) is 9.88 Å². The van der Waals surface area contributed by atoms with E-state index in [-0.39, 0.29) is 11.9 Å². The van der Waals surface area contributed by atoms with Gasteiger partial charge in [0, 0.05) is 30.4 Å². The van der Waals surface area contributed by atoms with Gasteiger partial charge in [-0.15, -0.1) is 22.7 Å². The Morgan fingerprint density at radius 3 is 2.76 bits per heavy atom. The molecule has 0 bridgehead atoms. The van der Waals surface area contributed by atoms with Crippen LogP contribution < -0.4 is 5.32 Å². The number of nitrogens with zero attached hydrogens (tertiary/aromatic N) is 2. The minimum Gasteiger partial charge on any atom is -0.346 e. The van der Waals surface area contributed by atoms with Gasteiger partial charge >= 0.3 is 0 Å². The highest BCUT2D eigenvalue weighted by atomic mass is 32.1. The number of amides is 1. The number of aromatic nitrogens is 1. The Balaban J connectivity index is 1.50. The largest absolute Gasteiger partial charge is 0.346 e. The predicted octanol–water partition coefficient (Wildman–Crippen LogP) is 3.70. The van der Waals surface area contributed by atoms with E-state index in [1.807, 2.05) is 29.0 Å². The van der Waals surface area contributed by atoms with E-state index >= 15 is 0 Å². The molecular weight excluding hydrogens is 350 g/mol. The van der Waals surface area contributed by atoms with E-state index in [9.17, 15) is 4.79 Å². The first-order chi connectivity index (χ1) is 12.2. The molecule has 25 heavy (non-hydrogen) atoms. The van der Waals surface area contributed by atoms with Crippen molar-refractivity contribution < 1.29 is 4.79 Å². The number of rotatable bonds is 4. The third kappa shape index (κ3) is 3.51. The van der Waals surface area contributed by atoms with Gasteiger partial charge < -0.3 is 10.2 Å². The quantitative estimate of drug-likeness (QED) is 0.763. The van der Waals surface area contributed by atoms with Crippen LogP contribution in [0.2, 0.25) is 0 Å². The third-order valence-electron chi connectivity index (χ3n) is 4.52. The average Bonchev–Trinajstić information content (AvgIpc) is 3.36. The van der Waals surface area contributed by atoms with E-state index in [1.54, 1.807) is 11.3 Å². The fraction of sp³-hybridized carbons (Fsp3) is 0.263. The smallest absolute Gasteiger partial charge is 0.271 e. The molecule has 1 N–H and O–H groups in total. The number of benzene rings is 1. The van der Waals surface area contributed by atoms with Crippen LogP contribution in [0.1, 0.15) is 22.0 Å². The first-order valence-corrected chi connectivity index (χ1v) is 10.0. The molecule has 1 amide bonds. The third-order valence-corrected chi connectivity index (χ3v) is 6.40. The van der Waals surface area contributed by atoms with E-state index in [0.717, 1.165) is 23.0 Å². The van der Waals surface area contributed by atoms with Gasteiger partial charge in [0.15, 0.2) is 0 Å². The van der Waals surface area contributed by atoms with Crippen LogP contribution in [0.15, 0.2) is 53.2 Å². The average molecular weight is 370 g/mol. The van der Waals surface area contributed by atoms with Crippen LogP contribution >= 0.6 is 22.7 Å². The van der Waals surface area contributed by atoms with Crippen molar-refractivity contribution >= 4 is 28.6 Å². The van der Waals surface area contributed by atoms with Crippen molar-refractivity contribution in [1.29, 1.82) is 0 Å². The number of hydrogen-bond donors (Lipinski definition) is 1. The van der Waals surface area contributed by atoms with Crippen molar-refractivity contribution in [3.05, 3.63) is 64.5 Å². The first-order valence-electron chi connectivity index (χ1n) is 8.24. The molecule has 1 saturated heterocycles. The molecule has 0 radical (unpaired) electrons. The molecule has 1 aromatic carbocycles. The lowest BCUT2D eigenvalue weighted by molar-refractivity contribution is 0.0931. The Morgan fingerprint density at radius 1 is 1.16 bits per heavy atom. The van der Waals surface area contributed by atoms with E-state index in [0.29, 0.717) is 11.6 Å². The number of hydrogen-bond acceptors (Lipinski definition) is 5. The van der Waals surface area contributed by atoms with E-state index in [2.05, 4.69) is 46.5 Å². The molecule has 128 valence electrons. The Morgan fingerprint density at radius 2 is 2.00 bits per heavy atom. The number of nitrogens with one attached hydrogen (secondary N) is 1. The van der Waals surface area contributed by atoms with Crippen molar-refractivity contribution in [2.75, 3.05) is 20.1 Å². The highest BCUT2D eigenvalue weighted by Gasteiger charge is 2.33. The molecule has 2 aromatic heterocycles. The lowest BCUT2D eigenvalue weighted by Crippen LogP contribution is -2.39. The van der Waals surface area contributed by atoms with Crippen molar-refractivity contribution in [2.45, 2.75) is 12.0 Å². The van der Waals surface area contributed by atoms with E-state index in [1.165, 1.54) is 16.9 Å². The molecule has 4 nitrogen and oxygen atoms in total. The number of likely N-dealkylation sites (N-methyl/N-ethyl adjacent to an activating group) is 1. The molecule has 2 atom stereocenters. The standard InChI is InChI=1S/C19H19N3OS2/c1-22-10-14(13-6-3-2-4-7-13)15(11-22)20-18(23)16-12-25-19(21-16)17-8-5-9-24-17/h2-9,12,14-15H,10-11H2,1H3,(H,20,23). The summed E-state index contributed by atoms with van der Waals surface area (Å²) in [4.78, 5) is 20.6. The Labute approximate surface area is 155 Å². The van der Waals surface area contributed by atoms with Gasteiger partial charge in [0.25, 0.3) is 5.91 Å². The highest BCUT2D eigenvalue weighted by molar-refractivity contribution is 7.20. The fourth-order valence-electron chi connectivity index (χ4n) is 3.32. The molecule has 6 heteroatoms.